The number of carbonyl (C=O) groups excluding carboxylic acids is 4. The number of ether oxygens (including phenoxy) is 4. The normalized spacial score (nSPS) is 14.2. The van der Waals surface area contributed by atoms with Crippen LogP contribution in [0, 0.1) is 17.8 Å². The SMILES string of the molecule is CCCCCC/C=C\C=C/CCCCCCCC(=O)O[C@H](COC(=O)CCCCCCCCCCCCCCCCCC(C)C)COP(=O)(O)OCC(O)COP(=O)(O)OC[C@@H](COC(=O)CCCCCCCCCC(C)C)OC(=O)CCCCCCCCCCCCCCC(C)C. The van der Waals surface area contributed by atoms with Crippen molar-refractivity contribution in [3.05, 3.63) is 24.3 Å². The van der Waals surface area contributed by atoms with E-state index in [0.717, 1.165) is 121 Å². The second kappa shape index (κ2) is 68.9. The average Bonchev–Trinajstić information content (AvgIpc) is 0.949. The first-order chi connectivity index (χ1) is 47.2. The lowest BCUT2D eigenvalue weighted by Crippen LogP contribution is -2.30. The van der Waals surface area contributed by atoms with Gasteiger partial charge in [0.1, 0.15) is 19.3 Å². The molecule has 19 heteroatoms. The van der Waals surface area contributed by atoms with E-state index in [-0.39, 0.29) is 25.7 Å². The maximum Gasteiger partial charge on any atom is 0.472 e. The molecule has 0 aromatic rings. The molecule has 0 spiro atoms. The Morgan fingerprint density at radius 1 is 0.316 bits per heavy atom. The van der Waals surface area contributed by atoms with Gasteiger partial charge < -0.3 is 33.8 Å². The number of aliphatic hydroxyl groups is 1. The lowest BCUT2D eigenvalue weighted by atomic mass is 10.0. The van der Waals surface area contributed by atoms with Crippen LogP contribution in [0.25, 0.3) is 0 Å². The predicted octanol–water partition coefficient (Wildman–Crippen LogP) is 22.9. The number of allylic oxidation sites excluding steroid dienone is 4. The number of hydrogen-bond acceptors (Lipinski definition) is 15. The van der Waals surface area contributed by atoms with Crippen LogP contribution in [-0.4, -0.2) is 96.7 Å². The lowest BCUT2D eigenvalue weighted by Gasteiger charge is -2.21. The van der Waals surface area contributed by atoms with Crippen LogP contribution in [0.5, 0.6) is 0 Å². The van der Waals surface area contributed by atoms with Gasteiger partial charge in [-0.2, -0.15) is 0 Å². The van der Waals surface area contributed by atoms with Crippen LogP contribution in [0.4, 0.5) is 0 Å². The van der Waals surface area contributed by atoms with Gasteiger partial charge in [-0.15, -0.1) is 0 Å². The highest BCUT2D eigenvalue weighted by atomic mass is 31.2. The molecule has 578 valence electrons. The molecular formula is C79H150O17P2. The van der Waals surface area contributed by atoms with Crippen LogP contribution in [0.2, 0.25) is 0 Å². The number of hydrogen-bond donors (Lipinski definition) is 3. The number of unbranched alkanes of at least 4 members (excludes halogenated alkanes) is 40. The van der Waals surface area contributed by atoms with Crippen molar-refractivity contribution in [1.82, 2.24) is 0 Å². The Labute approximate surface area is 599 Å². The van der Waals surface area contributed by atoms with E-state index in [4.69, 9.17) is 37.0 Å². The van der Waals surface area contributed by atoms with Gasteiger partial charge in [-0.05, 0) is 69.1 Å². The highest BCUT2D eigenvalue weighted by Crippen LogP contribution is 2.45. The summed E-state index contributed by atoms with van der Waals surface area (Å²) in [5.74, 6) is 0.138. The van der Waals surface area contributed by atoms with Crippen LogP contribution in [0.15, 0.2) is 24.3 Å². The molecule has 0 aromatic heterocycles. The van der Waals surface area contributed by atoms with E-state index in [1.54, 1.807) is 0 Å². The minimum absolute atomic E-state index is 0.0850. The first-order valence-corrected chi connectivity index (χ1v) is 43.2. The maximum absolute atomic E-state index is 13.1. The van der Waals surface area contributed by atoms with Crippen molar-refractivity contribution in [2.75, 3.05) is 39.6 Å². The van der Waals surface area contributed by atoms with Gasteiger partial charge in [-0.3, -0.25) is 37.3 Å². The maximum atomic E-state index is 13.1. The highest BCUT2D eigenvalue weighted by Gasteiger charge is 2.30. The predicted molar refractivity (Wildman–Crippen MR) is 400 cm³/mol. The Morgan fingerprint density at radius 3 is 0.827 bits per heavy atom. The van der Waals surface area contributed by atoms with E-state index in [0.29, 0.717) is 31.6 Å². The van der Waals surface area contributed by atoms with Crippen molar-refractivity contribution in [1.29, 1.82) is 0 Å². The summed E-state index contributed by atoms with van der Waals surface area (Å²) >= 11 is 0. The average molecular weight is 1430 g/mol. The topological polar surface area (TPSA) is 237 Å². The van der Waals surface area contributed by atoms with Crippen molar-refractivity contribution in [3.63, 3.8) is 0 Å². The molecule has 5 atom stereocenters. The minimum atomic E-state index is -4.97. The molecule has 0 fully saturated rings. The smallest absolute Gasteiger partial charge is 0.462 e. The number of rotatable bonds is 75. The van der Waals surface area contributed by atoms with E-state index in [1.807, 2.05) is 0 Å². The molecule has 3 unspecified atom stereocenters. The van der Waals surface area contributed by atoms with Gasteiger partial charge >= 0.3 is 39.5 Å². The summed E-state index contributed by atoms with van der Waals surface area (Å²) < 4.78 is 68.6. The number of phosphoric ester groups is 2. The molecule has 0 bridgehead atoms. The van der Waals surface area contributed by atoms with Crippen LogP contribution >= 0.6 is 15.6 Å². The monoisotopic (exact) mass is 1430 g/mol. The fraction of sp³-hybridized carbons (Fsp3) is 0.899. The lowest BCUT2D eigenvalue weighted by molar-refractivity contribution is -0.161. The number of phosphoric acid groups is 2. The van der Waals surface area contributed by atoms with Crippen molar-refractivity contribution in [2.45, 2.75) is 401 Å². The van der Waals surface area contributed by atoms with Gasteiger partial charge in [-0.25, -0.2) is 9.13 Å². The molecule has 0 aromatic carbocycles. The Kier molecular flexibility index (Phi) is 67.2. The summed E-state index contributed by atoms with van der Waals surface area (Å²) in [5.41, 5.74) is 0. The van der Waals surface area contributed by atoms with Crippen LogP contribution < -0.4 is 0 Å². The third kappa shape index (κ3) is 71.9. The quantitative estimate of drug-likeness (QED) is 0.0169. The second-order valence-corrected chi connectivity index (χ2v) is 32.1. The van der Waals surface area contributed by atoms with E-state index >= 15 is 0 Å². The summed E-state index contributed by atoms with van der Waals surface area (Å²) in [4.78, 5) is 72.9. The molecular weight excluding hydrogens is 1280 g/mol. The Hall–Kier alpha value is -2.46. The molecule has 0 heterocycles. The van der Waals surface area contributed by atoms with Crippen molar-refractivity contribution < 1.29 is 80.2 Å². The zero-order valence-corrected chi connectivity index (χ0v) is 65.5. The molecule has 0 aliphatic carbocycles. The van der Waals surface area contributed by atoms with Gasteiger partial charge in [-0.1, -0.05) is 330 Å². The van der Waals surface area contributed by atoms with Gasteiger partial charge in [0, 0.05) is 25.7 Å². The molecule has 0 saturated carbocycles. The minimum Gasteiger partial charge on any atom is -0.462 e. The summed E-state index contributed by atoms with van der Waals surface area (Å²) in [6, 6.07) is 0. The molecule has 0 aliphatic rings. The fourth-order valence-electron chi connectivity index (χ4n) is 11.6. The number of esters is 4. The highest BCUT2D eigenvalue weighted by molar-refractivity contribution is 7.47. The largest absolute Gasteiger partial charge is 0.472 e. The van der Waals surface area contributed by atoms with Crippen LogP contribution in [0.3, 0.4) is 0 Å². The standard InChI is InChI=1S/C79H150O17P2/c1-8-9-10-11-12-13-14-15-17-22-28-33-40-48-55-62-78(83)95-74(66-89-76(81)60-53-46-39-32-27-21-19-16-18-20-25-30-36-43-50-57-70(2)3)68-93-97(85,86)91-64-73(80)65-92-98(87,88)94-69-75(67-90-77(82)61-54-47-42-35-38-45-52-59-72(6)7)96-79(84)63-56-49-41-34-29-24-23-26-31-37-44-51-58-71(4)5/h13-15,17,70-75,80H,8-12,16,18-69H2,1-7H3,(H,85,86)(H,87,88)/b14-13-,17-15-/t73?,74-,75-/m1/s1. The Morgan fingerprint density at radius 2 is 0.551 bits per heavy atom. The summed E-state index contributed by atoms with van der Waals surface area (Å²) in [6.45, 7) is 11.8. The Balaban J connectivity index is 5.27. The summed E-state index contributed by atoms with van der Waals surface area (Å²) in [7, 11) is -9.93. The Bertz CT molecular complexity index is 2000. The fourth-order valence-corrected chi connectivity index (χ4v) is 13.2. The molecule has 0 radical (unpaired) electrons. The third-order valence-electron chi connectivity index (χ3n) is 17.8. The van der Waals surface area contributed by atoms with E-state index in [1.165, 1.54) is 173 Å². The van der Waals surface area contributed by atoms with E-state index < -0.39 is 97.5 Å². The second-order valence-electron chi connectivity index (χ2n) is 29.2. The number of carbonyl (C=O) groups is 4. The van der Waals surface area contributed by atoms with Gasteiger partial charge in [0.15, 0.2) is 12.2 Å². The molecule has 0 saturated heterocycles. The van der Waals surface area contributed by atoms with Crippen molar-refractivity contribution >= 4 is 39.5 Å². The number of aliphatic hydroxyl groups excluding tert-OH is 1. The third-order valence-corrected chi connectivity index (χ3v) is 19.7. The summed E-state index contributed by atoms with van der Waals surface area (Å²) in [6.07, 6.45) is 59.1. The first kappa shape index (κ1) is 95.5. The molecule has 17 nitrogen and oxygen atoms in total. The first-order valence-electron chi connectivity index (χ1n) is 40.2. The van der Waals surface area contributed by atoms with Gasteiger partial charge in [0.2, 0.25) is 0 Å². The molecule has 98 heavy (non-hydrogen) atoms. The summed E-state index contributed by atoms with van der Waals surface area (Å²) in [5, 5.41) is 10.6. The van der Waals surface area contributed by atoms with Gasteiger partial charge in [0.05, 0.1) is 26.4 Å². The van der Waals surface area contributed by atoms with E-state index in [9.17, 15) is 43.2 Å². The zero-order valence-electron chi connectivity index (χ0n) is 63.7. The van der Waals surface area contributed by atoms with Crippen molar-refractivity contribution in [2.24, 2.45) is 17.8 Å². The van der Waals surface area contributed by atoms with E-state index in [2.05, 4.69) is 72.8 Å². The molecule has 3 N–H and O–H groups in total. The van der Waals surface area contributed by atoms with Crippen molar-refractivity contribution in [3.8, 4) is 0 Å². The van der Waals surface area contributed by atoms with Crippen LogP contribution in [-0.2, 0) is 65.4 Å². The molecule has 0 aliphatic heterocycles. The molecule has 0 amide bonds. The van der Waals surface area contributed by atoms with Crippen LogP contribution in [0.1, 0.15) is 382 Å². The zero-order chi connectivity index (χ0) is 72.3. The molecule has 0 rings (SSSR count). The van der Waals surface area contributed by atoms with Gasteiger partial charge in [0.25, 0.3) is 0 Å².